The van der Waals surface area contributed by atoms with Crippen LogP contribution in [0, 0.1) is 0 Å². The van der Waals surface area contributed by atoms with Gasteiger partial charge in [-0.1, -0.05) is 30.3 Å². The molecule has 1 heterocycles. The van der Waals surface area contributed by atoms with E-state index in [9.17, 15) is 4.79 Å². The van der Waals surface area contributed by atoms with Crippen LogP contribution < -0.4 is 0 Å². The molecule has 0 radical (unpaired) electrons. The van der Waals surface area contributed by atoms with Crippen LogP contribution in [-0.2, 0) is 11.3 Å². The molecule has 0 aromatic heterocycles. The highest BCUT2D eigenvalue weighted by atomic mass is 16.1. The summed E-state index contributed by atoms with van der Waals surface area (Å²) in [6.45, 7) is 2.60. The number of rotatable bonds is 2. The first-order chi connectivity index (χ1) is 6.84. The quantitative estimate of drug-likeness (QED) is 0.727. The molecular formula is C12H17NO2. The van der Waals surface area contributed by atoms with Gasteiger partial charge in [-0.15, -0.1) is 0 Å². The Balaban J connectivity index is 0.00000112. The van der Waals surface area contributed by atoms with Gasteiger partial charge in [-0.3, -0.25) is 9.69 Å². The highest BCUT2D eigenvalue weighted by molar-refractivity contribution is 5.81. The van der Waals surface area contributed by atoms with Gasteiger partial charge < -0.3 is 5.48 Å². The third-order valence-corrected chi connectivity index (χ3v) is 2.58. The van der Waals surface area contributed by atoms with Gasteiger partial charge in [0, 0.05) is 13.0 Å². The maximum Gasteiger partial charge on any atom is 0.146 e. The van der Waals surface area contributed by atoms with Crippen molar-refractivity contribution in [1.82, 2.24) is 4.90 Å². The van der Waals surface area contributed by atoms with Crippen LogP contribution in [0.2, 0.25) is 0 Å². The zero-order chi connectivity index (χ0) is 9.80. The Morgan fingerprint density at radius 2 is 1.93 bits per heavy atom. The summed E-state index contributed by atoms with van der Waals surface area (Å²) in [5.41, 5.74) is 1.29. The lowest BCUT2D eigenvalue weighted by Gasteiger charge is -2.25. The first-order valence-corrected chi connectivity index (χ1v) is 5.12. The minimum Gasteiger partial charge on any atom is -0.412 e. The normalized spacial score (nSPS) is 17.2. The number of hydrogen-bond donors (Lipinski definition) is 0. The monoisotopic (exact) mass is 207 g/mol. The molecule has 1 aliphatic rings. The van der Waals surface area contributed by atoms with Crippen LogP contribution in [0.4, 0.5) is 0 Å². The van der Waals surface area contributed by atoms with Crippen LogP contribution in [0.25, 0.3) is 0 Å². The van der Waals surface area contributed by atoms with E-state index in [2.05, 4.69) is 17.0 Å². The summed E-state index contributed by atoms with van der Waals surface area (Å²) in [6, 6.07) is 10.3. The summed E-state index contributed by atoms with van der Waals surface area (Å²) in [5.74, 6) is 0.382. The van der Waals surface area contributed by atoms with Crippen molar-refractivity contribution in [3.8, 4) is 0 Å². The van der Waals surface area contributed by atoms with Crippen LogP contribution in [0.5, 0.6) is 0 Å². The Morgan fingerprint density at radius 1 is 1.20 bits per heavy atom. The molecular weight excluding hydrogens is 190 g/mol. The smallest absolute Gasteiger partial charge is 0.146 e. The van der Waals surface area contributed by atoms with Gasteiger partial charge in [0.1, 0.15) is 5.78 Å². The van der Waals surface area contributed by atoms with E-state index in [1.807, 2.05) is 18.2 Å². The van der Waals surface area contributed by atoms with Gasteiger partial charge in [-0.2, -0.15) is 0 Å². The zero-order valence-corrected chi connectivity index (χ0v) is 8.78. The number of nitrogens with zero attached hydrogens (tertiary/aromatic N) is 1. The molecule has 3 heteroatoms. The lowest BCUT2D eigenvalue weighted by atomic mass is 10.1. The molecule has 0 atom stereocenters. The molecule has 0 saturated carbocycles. The molecule has 1 aliphatic heterocycles. The Kier molecular flexibility index (Phi) is 4.46. The lowest BCUT2D eigenvalue weighted by Crippen LogP contribution is -2.34. The van der Waals surface area contributed by atoms with Gasteiger partial charge >= 0.3 is 0 Å². The summed E-state index contributed by atoms with van der Waals surface area (Å²) < 4.78 is 0. The molecule has 2 rings (SSSR count). The molecule has 0 bridgehead atoms. The number of carbonyl (C=O) groups excluding carboxylic acids is 1. The third kappa shape index (κ3) is 3.46. The second kappa shape index (κ2) is 5.63. The molecule has 1 saturated heterocycles. The van der Waals surface area contributed by atoms with E-state index in [0.29, 0.717) is 12.3 Å². The highest BCUT2D eigenvalue weighted by Gasteiger charge is 2.16. The van der Waals surface area contributed by atoms with E-state index in [0.717, 1.165) is 25.9 Å². The molecule has 0 spiro atoms. The second-order valence-corrected chi connectivity index (χ2v) is 3.84. The summed E-state index contributed by atoms with van der Waals surface area (Å²) in [5, 5.41) is 0. The largest absolute Gasteiger partial charge is 0.412 e. The Labute approximate surface area is 90.0 Å². The SMILES string of the molecule is O.O=C1CCCN(Cc2ccccc2)C1. The number of benzene rings is 1. The third-order valence-electron chi connectivity index (χ3n) is 2.58. The second-order valence-electron chi connectivity index (χ2n) is 3.84. The Morgan fingerprint density at radius 3 is 2.60 bits per heavy atom. The summed E-state index contributed by atoms with van der Waals surface area (Å²) >= 11 is 0. The van der Waals surface area contributed by atoms with E-state index in [1.54, 1.807) is 0 Å². The average Bonchev–Trinajstić information content (AvgIpc) is 2.19. The van der Waals surface area contributed by atoms with Crippen molar-refractivity contribution in [3.05, 3.63) is 35.9 Å². The predicted molar refractivity (Wildman–Crippen MR) is 59.6 cm³/mol. The fourth-order valence-electron chi connectivity index (χ4n) is 1.88. The van der Waals surface area contributed by atoms with E-state index in [-0.39, 0.29) is 5.48 Å². The summed E-state index contributed by atoms with van der Waals surface area (Å²) in [6.07, 6.45) is 1.79. The van der Waals surface area contributed by atoms with Gasteiger partial charge in [0.05, 0.1) is 6.54 Å². The van der Waals surface area contributed by atoms with Crippen molar-refractivity contribution in [2.24, 2.45) is 0 Å². The minimum atomic E-state index is 0. The molecule has 82 valence electrons. The van der Waals surface area contributed by atoms with Gasteiger partial charge in [0.2, 0.25) is 0 Å². The van der Waals surface area contributed by atoms with Crippen LogP contribution in [0.3, 0.4) is 0 Å². The van der Waals surface area contributed by atoms with Crippen molar-refractivity contribution in [2.75, 3.05) is 13.1 Å². The number of Topliss-reactive ketones (excluding diaryl/α,β-unsaturated/α-hetero) is 1. The number of ketones is 1. The molecule has 0 aliphatic carbocycles. The van der Waals surface area contributed by atoms with Gasteiger partial charge in [-0.05, 0) is 18.5 Å². The topological polar surface area (TPSA) is 51.8 Å². The average molecular weight is 207 g/mol. The molecule has 0 amide bonds. The Bertz CT molecular complexity index is 311. The predicted octanol–water partition coefficient (Wildman–Crippen LogP) is 1.03. The first-order valence-electron chi connectivity index (χ1n) is 5.12. The van der Waals surface area contributed by atoms with Crippen molar-refractivity contribution in [3.63, 3.8) is 0 Å². The fraction of sp³-hybridized carbons (Fsp3) is 0.417. The van der Waals surface area contributed by atoms with Gasteiger partial charge in [-0.25, -0.2) is 0 Å². The van der Waals surface area contributed by atoms with Crippen molar-refractivity contribution < 1.29 is 10.3 Å². The van der Waals surface area contributed by atoms with Gasteiger partial charge in [0.15, 0.2) is 0 Å². The van der Waals surface area contributed by atoms with Crippen LogP contribution in [0.1, 0.15) is 18.4 Å². The summed E-state index contributed by atoms with van der Waals surface area (Å²) in [4.78, 5) is 13.4. The Hall–Kier alpha value is -1.19. The van der Waals surface area contributed by atoms with Crippen molar-refractivity contribution in [1.29, 1.82) is 0 Å². The van der Waals surface area contributed by atoms with Crippen molar-refractivity contribution in [2.45, 2.75) is 19.4 Å². The van der Waals surface area contributed by atoms with E-state index < -0.39 is 0 Å². The van der Waals surface area contributed by atoms with Crippen molar-refractivity contribution >= 4 is 5.78 Å². The number of likely N-dealkylation sites (tertiary alicyclic amines) is 1. The van der Waals surface area contributed by atoms with Gasteiger partial charge in [0.25, 0.3) is 0 Å². The standard InChI is InChI=1S/C12H15NO.H2O/c14-12-7-4-8-13(10-12)9-11-5-2-1-3-6-11;/h1-3,5-6H,4,7-10H2;1H2. The zero-order valence-electron chi connectivity index (χ0n) is 8.78. The molecule has 3 nitrogen and oxygen atoms in total. The molecule has 2 N–H and O–H groups in total. The number of piperidine rings is 1. The first kappa shape index (κ1) is 11.9. The molecule has 1 aromatic rings. The van der Waals surface area contributed by atoms with Crippen LogP contribution >= 0.6 is 0 Å². The van der Waals surface area contributed by atoms with E-state index >= 15 is 0 Å². The number of carbonyl (C=O) groups is 1. The molecule has 1 aromatic carbocycles. The molecule has 1 fully saturated rings. The van der Waals surface area contributed by atoms with E-state index in [4.69, 9.17) is 0 Å². The molecule has 15 heavy (non-hydrogen) atoms. The highest BCUT2D eigenvalue weighted by Crippen LogP contribution is 2.10. The van der Waals surface area contributed by atoms with E-state index in [1.165, 1.54) is 5.56 Å². The van der Waals surface area contributed by atoms with Crippen LogP contribution in [-0.4, -0.2) is 29.2 Å². The van der Waals surface area contributed by atoms with Crippen LogP contribution in [0.15, 0.2) is 30.3 Å². The fourth-order valence-corrected chi connectivity index (χ4v) is 1.88. The number of hydrogen-bond acceptors (Lipinski definition) is 2. The maximum atomic E-state index is 11.2. The summed E-state index contributed by atoms with van der Waals surface area (Å²) in [7, 11) is 0. The maximum absolute atomic E-state index is 11.2. The molecule has 0 unspecified atom stereocenters. The minimum absolute atomic E-state index is 0. The lowest BCUT2D eigenvalue weighted by molar-refractivity contribution is -0.122.